The molecule has 0 fully saturated rings. The zero-order chi connectivity index (χ0) is 29.3. The Balaban J connectivity index is 0.000000265. The Labute approximate surface area is 245 Å². The Kier molecular flexibility index (Phi) is 7.31. The van der Waals surface area contributed by atoms with E-state index in [1.807, 2.05) is 83.9 Å². The molecule has 0 amide bonds. The van der Waals surface area contributed by atoms with Gasteiger partial charge in [-0.05, 0) is 53.6 Å². The van der Waals surface area contributed by atoms with E-state index in [4.69, 9.17) is 17.3 Å². The number of hydrogen-bond donors (Lipinski definition) is 2. The molecule has 1 aliphatic heterocycles. The molecule has 7 rings (SSSR count). The number of aromatic amines is 1. The predicted octanol–water partition coefficient (Wildman–Crippen LogP) is 8.67. The lowest BCUT2D eigenvalue weighted by Crippen LogP contribution is -2.34. The molecule has 3 N–H and O–H groups in total. The van der Waals surface area contributed by atoms with Crippen LogP contribution in [0.2, 0.25) is 5.02 Å². The fourth-order valence-corrected chi connectivity index (χ4v) is 5.52. The summed E-state index contributed by atoms with van der Waals surface area (Å²) in [6.45, 7) is 0.434. The molecule has 1 atom stereocenters. The lowest BCUT2D eigenvalue weighted by Gasteiger charge is -2.36. The summed E-state index contributed by atoms with van der Waals surface area (Å²) in [5, 5.41) is 2.41. The third-order valence-corrected chi connectivity index (χ3v) is 7.48. The van der Waals surface area contributed by atoms with Crippen LogP contribution in [0.5, 0.6) is 0 Å². The topological polar surface area (TPSA) is 70.8 Å². The van der Waals surface area contributed by atoms with Gasteiger partial charge in [0.25, 0.3) is 0 Å². The largest absolute Gasteiger partial charge is 0.418 e. The lowest BCUT2D eigenvalue weighted by atomic mass is 9.95. The number of nitrogens with two attached hydrogens (primary N) is 1. The molecule has 0 unspecified atom stereocenters. The average molecular weight is 584 g/mol. The monoisotopic (exact) mass is 583 g/mol. The van der Waals surface area contributed by atoms with Crippen LogP contribution in [0, 0.1) is 0 Å². The van der Waals surface area contributed by atoms with E-state index in [0.29, 0.717) is 22.6 Å². The molecule has 42 heavy (non-hydrogen) atoms. The van der Waals surface area contributed by atoms with Gasteiger partial charge in [0, 0.05) is 41.6 Å². The van der Waals surface area contributed by atoms with Gasteiger partial charge in [-0.15, -0.1) is 0 Å². The number of pyridine rings is 2. The first-order valence-electron chi connectivity index (χ1n) is 13.2. The highest BCUT2D eigenvalue weighted by Gasteiger charge is 2.39. The average Bonchev–Trinajstić information content (AvgIpc) is 3.48. The number of nitrogens with zero attached hydrogens (tertiary/aromatic N) is 3. The van der Waals surface area contributed by atoms with Crippen molar-refractivity contribution in [2.45, 2.75) is 12.2 Å². The van der Waals surface area contributed by atoms with Gasteiger partial charge >= 0.3 is 6.18 Å². The lowest BCUT2D eigenvalue weighted by molar-refractivity contribution is -0.138. The second-order valence-corrected chi connectivity index (χ2v) is 10.2. The number of hydrogen-bond acceptors (Lipinski definition) is 4. The molecule has 0 saturated heterocycles. The maximum absolute atomic E-state index is 14.0. The first-order valence-corrected chi connectivity index (χ1v) is 13.6. The minimum absolute atomic E-state index is 0.0618. The molecule has 0 radical (unpaired) electrons. The highest BCUT2D eigenvalue weighted by Crippen LogP contribution is 2.42. The van der Waals surface area contributed by atoms with Gasteiger partial charge in [0.15, 0.2) is 0 Å². The summed E-state index contributed by atoms with van der Waals surface area (Å²) in [6, 6.07) is 24.3. The summed E-state index contributed by atoms with van der Waals surface area (Å²) < 4.78 is 42.0. The van der Waals surface area contributed by atoms with Crippen LogP contribution in [-0.2, 0) is 6.18 Å². The summed E-state index contributed by atoms with van der Waals surface area (Å²) in [4.78, 5) is 13.7. The van der Waals surface area contributed by atoms with Crippen molar-refractivity contribution in [2.75, 3.05) is 17.2 Å². The van der Waals surface area contributed by atoms with E-state index in [9.17, 15) is 13.2 Å². The number of rotatable bonds is 3. The van der Waals surface area contributed by atoms with Gasteiger partial charge in [-0.1, -0.05) is 66.2 Å². The maximum atomic E-state index is 14.0. The van der Waals surface area contributed by atoms with Crippen molar-refractivity contribution in [1.82, 2.24) is 15.0 Å². The van der Waals surface area contributed by atoms with Gasteiger partial charge in [0.05, 0.1) is 39.0 Å². The van der Waals surface area contributed by atoms with E-state index in [1.165, 1.54) is 17.6 Å². The van der Waals surface area contributed by atoms with Crippen LogP contribution in [0.4, 0.5) is 24.5 Å². The quantitative estimate of drug-likeness (QED) is 0.204. The normalized spacial score (nSPS) is 13.5. The Morgan fingerprint density at radius 3 is 2.55 bits per heavy atom. The molecule has 0 aliphatic carbocycles. The van der Waals surface area contributed by atoms with Crippen LogP contribution in [0.15, 0.2) is 110 Å². The molecule has 1 aliphatic rings. The van der Waals surface area contributed by atoms with Crippen molar-refractivity contribution >= 4 is 50.9 Å². The maximum Gasteiger partial charge on any atom is 0.418 e. The Morgan fingerprint density at radius 2 is 1.71 bits per heavy atom. The smallest absolute Gasteiger partial charge is 0.397 e. The van der Waals surface area contributed by atoms with Gasteiger partial charge in [-0.2, -0.15) is 13.2 Å². The fourth-order valence-electron chi connectivity index (χ4n) is 5.29. The first-order chi connectivity index (χ1) is 20.3. The summed E-state index contributed by atoms with van der Waals surface area (Å²) in [5.74, 6) is 0. The molecule has 9 heteroatoms. The third-order valence-electron chi connectivity index (χ3n) is 7.18. The second kappa shape index (κ2) is 11.2. The van der Waals surface area contributed by atoms with Gasteiger partial charge in [0.1, 0.15) is 0 Å². The Morgan fingerprint density at radius 1 is 0.905 bits per heavy atom. The number of anilines is 2. The van der Waals surface area contributed by atoms with E-state index >= 15 is 0 Å². The molecular weight excluding hydrogens is 559 g/mol. The molecule has 3 aromatic carbocycles. The van der Waals surface area contributed by atoms with Crippen molar-refractivity contribution in [3.05, 3.63) is 137 Å². The summed E-state index contributed by atoms with van der Waals surface area (Å²) in [7, 11) is 0. The predicted molar refractivity (Wildman–Crippen MR) is 163 cm³/mol. The van der Waals surface area contributed by atoms with E-state index in [-0.39, 0.29) is 5.69 Å². The first kappa shape index (κ1) is 27.4. The highest BCUT2D eigenvalue weighted by molar-refractivity contribution is 6.35. The number of para-hydroxylation sites is 3. The molecule has 210 valence electrons. The van der Waals surface area contributed by atoms with Crippen LogP contribution in [0.3, 0.4) is 0 Å². The van der Waals surface area contributed by atoms with Gasteiger partial charge in [0.2, 0.25) is 0 Å². The number of nitrogens with one attached hydrogen (secondary N) is 1. The molecule has 0 spiro atoms. The fraction of sp³-hybridized carbons (Fsp3) is 0.0909. The van der Waals surface area contributed by atoms with Crippen LogP contribution >= 0.6 is 11.6 Å². The van der Waals surface area contributed by atoms with Crippen LogP contribution in [0.1, 0.15) is 28.4 Å². The van der Waals surface area contributed by atoms with Crippen molar-refractivity contribution in [1.29, 1.82) is 0 Å². The van der Waals surface area contributed by atoms with Crippen molar-refractivity contribution < 1.29 is 13.2 Å². The van der Waals surface area contributed by atoms with Crippen LogP contribution in [0.25, 0.3) is 27.9 Å². The molecule has 5 nitrogen and oxygen atoms in total. The van der Waals surface area contributed by atoms with E-state index < -0.39 is 17.8 Å². The zero-order valence-electron chi connectivity index (χ0n) is 22.2. The standard InChI is InChI=1S/C25H17ClF3N3.C8H8N2/c26-20-10-3-7-17-14-18(15-31-22(17)20)24(23-19(25(27,28)29)9-4-12-30-23)32-13-5-8-16-6-1-2-11-21(16)32;9-7-3-1-2-6-4-5-10-8(6)7/h1-12,14-15,24H,13H2;1-5,10H,9H2/t24-;/m0./s1. The van der Waals surface area contributed by atoms with Crippen LogP contribution < -0.4 is 10.6 Å². The number of benzene rings is 3. The molecule has 3 aromatic heterocycles. The number of aromatic nitrogens is 3. The summed E-state index contributed by atoms with van der Waals surface area (Å²) in [5.41, 5.74) is 9.67. The Hall–Kier alpha value is -4.82. The number of fused-ring (bicyclic) bond motifs is 3. The van der Waals surface area contributed by atoms with E-state index in [0.717, 1.165) is 33.9 Å². The van der Waals surface area contributed by atoms with Gasteiger partial charge < -0.3 is 15.6 Å². The van der Waals surface area contributed by atoms with Crippen molar-refractivity contribution in [3.8, 4) is 0 Å². The minimum Gasteiger partial charge on any atom is -0.397 e. The van der Waals surface area contributed by atoms with Gasteiger partial charge in [-0.25, -0.2) is 0 Å². The number of alkyl halides is 3. The highest BCUT2D eigenvalue weighted by atomic mass is 35.5. The van der Waals surface area contributed by atoms with Crippen molar-refractivity contribution in [3.63, 3.8) is 0 Å². The molecule has 0 saturated carbocycles. The molecule has 0 bridgehead atoms. The second-order valence-electron chi connectivity index (χ2n) is 9.82. The summed E-state index contributed by atoms with van der Waals surface area (Å²) >= 11 is 6.26. The van der Waals surface area contributed by atoms with E-state index in [1.54, 1.807) is 18.3 Å². The van der Waals surface area contributed by atoms with Crippen molar-refractivity contribution in [2.24, 2.45) is 0 Å². The number of halogens is 4. The zero-order valence-corrected chi connectivity index (χ0v) is 22.9. The van der Waals surface area contributed by atoms with Crippen LogP contribution in [-0.4, -0.2) is 21.5 Å². The molecule has 6 aromatic rings. The van der Waals surface area contributed by atoms with E-state index in [2.05, 4.69) is 15.0 Å². The van der Waals surface area contributed by atoms with Gasteiger partial charge in [-0.3, -0.25) is 9.97 Å². The molecular formula is C33H25ClF3N5. The Bertz CT molecular complexity index is 1910. The number of nitrogen functional groups attached to an aromatic ring is 1. The number of H-pyrrole nitrogens is 1. The summed E-state index contributed by atoms with van der Waals surface area (Å²) in [6.07, 6.45) is 4.26. The minimum atomic E-state index is -4.54. The third kappa shape index (κ3) is 5.29. The molecule has 4 heterocycles. The SMILES string of the molecule is FC(F)(F)c1cccnc1[C@H](c1cnc2c(Cl)cccc2c1)N1CC=Cc2ccccc21.Nc1cccc2cc[nH]c12.